The summed E-state index contributed by atoms with van der Waals surface area (Å²) in [5.74, 6) is -11.0. The Labute approximate surface area is 327 Å². The van der Waals surface area contributed by atoms with Crippen LogP contribution in [-0.2, 0) is 66.7 Å². The zero-order chi connectivity index (χ0) is 42.8. The largest absolute Gasteiger partial charge is 0.459 e. The van der Waals surface area contributed by atoms with Crippen molar-refractivity contribution in [1.29, 1.82) is 0 Å². The molecule has 19 heteroatoms. The lowest BCUT2D eigenvalue weighted by Crippen LogP contribution is -2.89. The molecule has 2 saturated carbocycles. The number of aromatic nitrogens is 1. The van der Waals surface area contributed by atoms with E-state index in [0.717, 1.165) is 34.6 Å². The maximum atomic E-state index is 14.1. The molecule has 1 aromatic rings. The lowest BCUT2D eigenvalue weighted by molar-refractivity contribution is -0.387. The summed E-state index contributed by atoms with van der Waals surface area (Å²) in [6, 6.07) is 2.87. The molecule has 19 nitrogen and oxygen atoms in total. The van der Waals surface area contributed by atoms with Crippen molar-refractivity contribution < 1.29 is 86.8 Å². The van der Waals surface area contributed by atoms with Crippen molar-refractivity contribution in [2.45, 2.75) is 134 Å². The van der Waals surface area contributed by atoms with E-state index in [9.17, 15) is 48.9 Å². The van der Waals surface area contributed by atoms with E-state index in [1.54, 1.807) is 6.92 Å². The zero-order valence-corrected chi connectivity index (χ0v) is 33.3. The van der Waals surface area contributed by atoms with E-state index in [1.807, 2.05) is 0 Å². The van der Waals surface area contributed by atoms with E-state index in [0.29, 0.717) is 0 Å². The molecule has 4 aliphatic rings. The van der Waals surface area contributed by atoms with Crippen LogP contribution < -0.4 is 0 Å². The van der Waals surface area contributed by atoms with Gasteiger partial charge in [0.05, 0.1) is 29.7 Å². The van der Waals surface area contributed by atoms with Crippen molar-refractivity contribution >= 4 is 41.8 Å². The Hall–Kier alpha value is -4.72. The summed E-state index contributed by atoms with van der Waals surface area (Å²) < 4.78 is 47.5. The van der Waals surface area contributed by atoms with E-state index in [4.69, 9.17) is 37.9 Å². The van der Waals surface area contributed by atoms with Crippen molar-refractivity contribution in [3.8, 4) is 0 Å². The highest BCUT2D eigenvalue weighted by atomic mass is 16.7. The van der Waals surface area contributed by atoms with E-state index < -0.39 is 137 Å². The van der Waals surface area contributed by atoms with Crippen LogP contribution in [-0.4, -0.2) is 134 Å². The first-order valence-corrected chi connectivity index (χ1v) is 18.3. The van der Waals surface area contributed by atoms with E-state index in [1.165, 1.54) is 46.0 Å². The van der Waals surface area contributed by atoms with E-state index in [-0.39, 0.29) is 11.3 Å². The number of cyclic esters (lactones) is 1. The molecule has 0 unspecified atom stereocenters. The van der Waals surface area contributed by atoms with Crippen LogP contribution in [0.1, 0.15) is 91.2 Å². The van der Waals surface area contributed by atoms with Crippen LogP contribution >= 0.6 is 0 Å². The summed E-state index contributed by atoms with van der Waals surface area (Å²) in [5.41, 5.74) is -12.5. The molecule has 0 amide bonds. The average molecular weight is 808 g/mol. The molecular formula is C38H49NO18. The minimum Gasteiger partial charge on any atom is -0.459 e. The number of nitrogens with zero attached hydrogens (tertiary/aromatic N) is 1. The number of carbonyl (C=O) groups excluding carboxylic acids is 7. The molecule has 2 aliphatic heterocycles. The number of aliphatic hydroxyl groups excluding tert-OH is 2. The van der Waals surface area contributed by atoms with Crippen LogP contribution in [0.15, 0.2) is 18.3 Å². The normalized spacial score (nSPS) is 38.6. The second-order valence-electron chi connectivity index (χ2n) is 16.0. The topological polar surface area (TPSA) is 267 Å². The second kappa shape index (κ2) is 14.9. The maximum absolute atomic E-state index is 14.1. The smallest absolute Gasteiger partial charge is 0.350 e. The molecule has 314 valence electrons. The predicted molar refractivity (Wildman–Crippen MR) is 186 cm³/mol. The number of pyridine rings is 1. The summed E-state index contributed by atoms with van der Waals surface area (Å²) >= 11 is 0. The minimum atomic E-state index is -2.85. The van der Waals surface area contributed by atoms with Gasteiger partial charge in [-0.25, -0.2) is 9.59 Å². The van der Waals surface area contributed by atoms with Gasteiger partial charge in [-0.05, 0) is 39.8 Å². The Kier molecular flexibility index (Phi) is 11.3. The molecule has 0 radical (unpaired) electrons. The van der Waals surface area contributed by atoms with Crippen LogP contribution in [0.3, 0.4) is 0 Å². The minimum absolute atomic E-state index is 0.0520. The summed E-state index contributed by atoms with van der Waals surface area (Å²) in [7, 11) is 0. The molecule has 4 bridgehead atoms. The lowest BCUT2D eigenvalue weighted by Gasteiger charge is -2.67. The fourth-order valence-corrected chi connectivity index (χ4v) is 9.25. The first-order chi connectivity index (χ1) is 26.3. The third-order valence-electron chi connectivity index (χ3n) is 11.7. The molecule has 3 fully saturated rings. The fraction of sp³-hybridized carbons (Fsp3) is 0.684. The third kappa shape index (κ3) is 6.71. The number of rotatable bonds is 7. The zero-order valence-electron chi connectivity index (χ0n) is 33.3. The molecule has 3 heterocycles. The maximum Gasteiger partial charge on any atom is 0.350 e. The highest BCUT2D eigenvalue weighted by Gasteiger charge is 2.91. The number of aliphatic hydroxyl groups is 3. The van der Waals surface area contributed by atoms with Gasteiger partial charge >= 0.3 is 41.8 Å². The summed E-state index contributed by atoms with van der Waals surface area (Å²) in [6.07, 6.45) is -11.2. The van der Waals surface area contributed by atoms with Gasteiger partial charge in [0, 0.05) is 39.8 Å². The van der Waals surface area contributed by atoms with Gasteiger partial charge in [0.1, 0.15) is 47.6 Å². The third-order valence-corrected chi connectivity index (χ3v) is 11.7. The fourth-order valence-electron chi connectivity index (χ4n) is 9.25. The van der Waals surface area contributed by atoms with Crippen molar-refractivity contribution in [3.05, 3.63) is 29.6 Å². The van der Waals surface area contributed by atoms with Crippen LogP contribution in [0, 0.1) is 17.3 Å². The van der Waals surface area contributed by atoms with E-state index >= 15 is 0 Å². The van der Waals surface area contributed by atoms with Gasteiger partial charge < -0.3 is 53.2 Å². The molecule has 57 heavy (non-hydrogen) atoms. The number of hydrogen-bond donors (Lipinski definition) is 3. The Morgan fingerprint density at radius 3 is 2.05 bits per heavy atom. The van der Waals surface area contributed by atoms with Crippen LogP contribution in [0.4, 0.5) is 0 Å². The number of carbonyl (C=O) groups is 7. The summed E-state index contributed by atoms with van der Waals surface area (Å²) in [6.45, 7) is 9.53. The monoisotopic (exact) mass is 807 g/mol. The Morgan fingerprint density at radius 2 is 1.49 bits per heavy atom. The Bertz CT molecular complexity index is 1840. The SMILES string of the molecule is CC(=O)O[C@@H]1[C@H]2[C@H](OC(C)=O)[C@]34O[C@]2(C)COC(=O)c2cccnc2[C@H](C)[C@@H](C)C(=O)O[C@@H]([C@H](O)[C@@H](OC(C)=O)[C@@]3(CO)[C@H]1OC(=O)C(C)(C)OC(C)=O)[C@]4(C)O. The quantitative estimate of drug-likeness (QED) is 0.246. The molecule has 1 spiro atoms. The van der Waals surface area contributed by atoms with Gasteiger partial charge in [-0.3, -0.25) is 29.0 Å². The molecule has 0 aromatic carbocycles. The number of hydrogen-bond acceptors (Lipinski definition) is 19. The molecule has 3 N–H and O–H groups in total. The van der Waals surface area contributed by atoms with E-state index in [2.05, 4.69) is 4.98 Å². The Morgan fingerprint density at radius 1 is 0.895 bits per heavy atom. The average Bonchev–Trinajstić information content (AvgIpc) is 3.32. The predicted octanol–water partition coefficient (Wildman–Crippen LogP) is 0.214. The van der Waals surface area contributed by atoms with Gasteiger partial charge in [-0.1, -0.05) is 13.8 Å². The van der Waals surface area contributed by atoms with Crippen molar-refractivity contribution in [2.24, 2.45) is 17.3 Å². The molecule has 1 aromatic heterocycles. The molecule has 13 atom stereocenters. The molecule has 5 rings (SSSR count). The summed E-state index contributed by atoms with van der Waals surface area (Å²) in [5, 5.41) is 37.3. The molecule has 2 aliphatic carbocycles. The van der Waals surface area contributed by atoms with Crippen LogP contribution in [0.5, 0.6) is 0 Å². The van der Waals surface area contributed by atoms with Gasteiger partial charge in [0.15, 0.2) is 17.8 Å². The number of esters is 7. The van der Waals surface area contributed by atoms with Crippen molar-refractivity contribution in [2.75, 3.05) is 13.2 Å². The van der Waals surface area contributed by atoms with Crippen molar-refractivity contribution in [3.63, 3.8) is 0 Å². The summed E-state index contributed by atoms with van der Waals surface area (Å²) in [4.78, 5) is 97.8. The van der Waals surface area contributed by atoms with Crippen LogP contribution in [0.25, 0.3) is 0 Å². The first kappa shape index (κ1) is 43.4. The molecule has 1 saturated heterocycles. The first-order valence-electron chi connectivity index (χ1n) is 18.3. The van der Waals surface area contributed by atoms with Gasteiger partial charge in [0.2, 0.25) is 5.60 Å². The van der Waals surface area contributed by atoms with Crippen molar-refractivity contribution in [1.82, 2.24) is 4.98 Å². The standard InChI is InChI=1S/C38H49NO18/c1-16-17(2)31(46)54-28-25(45)29(53-20(5)43)37(14-40)30(55-33(48)34(7,8)56-21(6)44)26(51-18(3)41)23-27(52-19(4)42)38(37,36(28,10)49)57-35(23,9)15-50-32(47)22-12-11-13-39-24(16)22/h11-13,16-17,23,25-30,40,45,49H,14-15H2,1-10H3/t16-,17-,23+,25+,26-,27+,28+,29-,30+,35-,36+,37+,38-/m1/s1. The Balaban J connectivity index is 1.93. The second-order valence-corrected chi connectivity index (χ2v) is 16.0. The lowest BCUT2D eigenvalue weighted by atomic mass is 9.45. The highest BCUT2D eigenvalue weighted by molar-refractivity contribution is 5.91. The molecular weight excluding hydrogens is 758 g/mol. The van der Waals surface area contributed by atoms with Gasteiger partial charge in [0.25, 0.3) is 0 Å². The number of fused-ring (bicyclic) bond motifs is 5. The van der Waals surface area contributed by atoms with Gasteiger partial charge in [-0.2, -0.15) is 0 Å². The highest BCUT2D eigenvalue weighted by Crippen LogP contribution is 2.69. The van der Waals surface area contributed by atoms with Gasteiger partial charge in [-0.15, -0.1) is 0 Å². The number of ether oxygens (including phenoxy) is 8. The van der Waals surface area contributed by atoms with Crippen LogP contribution in [0.2, 0.25) is 0 Å².